The van der Waals surface area contributed by atoms with Crippen molar-refractivity contribution in [3.8, 4) is 11.5 Å². The van der Waals surface area contributed by atoms with Gasteiger partial charge in [0.05, 0.1) is 13.2 Å². The highest BCUT2D eigenvalue weighted by atomic mass is 16.5. The minimum Gasteiger partial charge on any atom is -0.490 e. The molecule has 1 aliphatic rings. The van der Waals surface area contributed by atoms with Gasteiger partial charge in [0, 0.05) is 6.42 Å². The number of fused-ring (bicyclic) bond motifs is 1. The van der Waals surface area contributed by atoms with E-state index in [1.807, 2.05) is 6.07 Å². The van der Waals surface area contributed by atoms with Gasteiger partial charge in [-0.1, -0.05) is 19.9 Å². The number of rotatable bonds is 2. The SMILES string of the molecule is CCC(C)c1ccc2c(c1)OCCCO2. The Hall–Kier alpha value is -1.18. The van der Waals surface area contributed by atoms with Gasteiger partial charge in [-0.05, 0) is 30.0 Å². The molecule has 1 atom stereocenters. The zero-order chi connectivity index (χ0) is 10.7. The second-order valence-electron chi connectivity index (χ2n) is 4.07. The van der Waals surface area contributed by atoms with Crippen LogP contribution in [0, 0.1) is 0 Å². The Bertz CT molecular complexity index is 333. The fourth-order valence-corrected chi connectivity index (χ4v) is 1.72. The molecule has 82 valence electrons. The third kappa shape index (κ3) is 2.25. The summed E-state index contributed by atoms with van der Waals surface area (Å²) in [5.74, 6) is 2.38. The van der Waals surface area contributed by atoms with Gasteiger partial charge in [0.25, 0.3) is 0 Å². The van der Waals surface area contributed by atoms with Crippen LogP contribution in [0.25, 0.3) is 0 Å². The van der Waals surface area contributed by atoms with Gasteiger partial charge in [0.1, 0.15) is 0 Å². The standard InChI is InChI=1S/C13H18O2/c1-3-10(2)11-5-6-12-13(9-11)15-8-4-7-14-12/h5-6,9-10H,3-4,7-8H2,1-2H3. The molecule has 0 amide bonds. The van der Waals surface area contributed by atoms with E-state index in [-0.39, 0.29) is 0 Å². The molecule has 0 aromatic heterocycles. The number of hydrogen-bond acceptors (Lipinski definition) is 2. The zero-order valence-corrected chi connectivity index (χ0v) is 9.45. The quantitative estimate of drug-likeness (QED) is 0.738. The van der Waals surface area contributed by atoms with Crippen LogP contribution in [0.1, 0.15) is 38.2 Å². The summed E-state index contributed by atoms with van der Waals surface area (Å²) in [5.41, 5.74) is 1.33. The number of ether oxygens (including phenoxy) is 2. The molecule has 1 aromatic carbocycles. The van der Waals surface area contributed by atoms with Crippen molar-refractivity contribution in [3.05, 3.63) is 23.8 Å². The first-order valence-electron chi connectivity index (χ1n) is 5.71. The topological polar surface area (TPSA) is 18.5 Å². The van der Waals surface area contributed by atoms with E-state index in [1.165, 1.54) is 5.56 Å². The molecule has 0 bridgehead atoms. The van der Waals surface area contributed by atoms with Gasteiger partial charge in [-0.15, -0.1) is 0 Å². The van der Waals surface area contributed by atoms with Gasteiger partial charge in [-0.25, -0.2) is 0 Å². The van der Waals surface area contributed by atoms with Gasteiger partial charge in [-0.2, -0.15) is 0 Å². The van der Waals surface area contributed by atoms with Crippen LogP contribution in [-0.4, -0.2) is 13.2 Å². The summed E-state index contributed by atoms with van der Waals surface area (Å²) in [5, 5.41) is 0. The minimum absolute atomic E-state index is 0.585. The van der Waals surface area contributed by atoms with E-state index in [1.54, 1.807) is 0 Å². The van der Waals surface area contributed by atoms with Gasteiger partial charge < -0.3 is 9.47 Å². The largest absolute Gasteiger partial charge is 0.490 e. The molecule has 0 fully saturated rings. The van der Waals surface area contributed by atoms with Crippen LogP contribution >= 0.6 is 0 Å². The first-order valence-corrected chi connectivity index (χ1v) is 5.71. The molecule has 1 unspecified atom stereocenters. The lowest BCUT2D eigenvalue weighted by Gasteiger charge is -2.12. The second kappa shape index (κ2) is 4.56. The van der Waals surface area contributed by atoms with Gasteiger partial charge in [0.15, 0.2) is 11.5 Å². The highest BCUT2D eigenvalue weighted by Gasteiger charge is 2.12. The van der Waals surface area contributed by atoms with E-state index in [4.69, 9.17) is 9.47 Å². The van der Waals surface area contributed by atoms with Crippen molar-refractivity contribution in [1.29, 1.82) is 0 Å². The predicted molar refractivity (Wildman–Crippen MR) is 60.8 cm³/mol. The van der Waals surface area contributed by atoms with Crippen LogP contribution in [0.3, 0.4) is 0 Å². The normalized spacial score (nSPS) is 16.9. The Balaban J connectivity index is 2.27. The minimum atomic E-state index is 0.585. The summed E-state index contributed by atoms with van der Waals surface area (Å²) in [7, 11) is 0. The van der Waals surface area contributed by atoms with Gasteiger partial charge in [0.2, 0.25) is 0 Å². The van der Waals surface area contributed by atoms with Gasteiger partial charge in [-0.3, -0.25) is 0 Å². The summed E-state index contributed by atoms with van der Waals surface area (Å²) in [6.07, 6.45) is 2.12. The first-order chi connectivity index (χ1) is 7.31. The Labute approximate surface area is 91.2 Å². The summed E-state index contributed by atoms with van der Waals surface area (Å²) in [4.78, 5) is 0. The molecule has 2 nitrogen and oxygen atoms in total. The Morgan fingerprint density at radius 3 is 2.67 bits per heavy atom. The third-order valence-corrected chi connectivity index (χ3v) is 2.95. The van der Waals surface area contributed by atoms with E-state index < -0.39 is 0 Å². The maximum atomic E-state index is 5.66. The van der Waals surface area contributed by atoms with Crippen LogP contribution in [0.15, 0.2) is 18.2 Å². The molecule has 0 aliphatic carbocycles. The molecule has 0 saturated heterocycles. The van der Waals surface area contributed by atoms with Crippen LogP contribution in [0.5, 0.6) is 11.5 Å². The molecule has 2 rings (SSSR count). The van der Waals surface area contributed by atoms with E-state index in [9.17, 15) is 0 Å². The zero-order valence-electron chi connectivity index (χ0n) is 9.45. The van der Waals surface area contributed by atoms with Crippen molar-refractivity contribution in [3.63, 3.8) is 0 Å². The molecule has 2 heteroatoms. The third-order valence-electron chi connectivity index (χ3n) is 2.95. The van der Waals surface area contributed by atoms with Gasteiger partial charge >= 0.3 is 0 Å². The summed E-state index contributed by atoms with van der Waals surface area (Å²) in [6, 6.07) is 6.29. The summed E-state index contributed by atoms with van der Waals surface area (Å²) < 4.78 is 11.3. The van der Waals surface area contributed by atoms with Crippen LogP contribution in [0.4, 0.5) is 0 Å². The van der Waals surface area contributed by atoms with Crippen LogP contribution in [0.2, 0.25) is 0 Å². The number of hydrogen-bond donors (Lipinski definition) is 0. The van der Waals surface area contributed by atoms with Crippen molar-refractivity contribution >= 4 is 0 Å². The fraction of sp³-hybridized carbons (Fsp3) is 0.538. The highest BCUT2D eigenvalue weighted by molar-refractivity contribution is 5.44. The molecule has 0 saturated carbocycles. The maximum Gasteiger partial charge on any atom is 0.161 e. The first kappa shape index (κ1) is 10.3. The number of benzene rings is 1. The Morgan fingerprint density at radius 2 is 1.93 bits per heavy atom. The van der Waals surface area contributed by atoms with Crippen molar-refractivity contribution in [1.82, 2.24) is 0 Å². The van der Waals surface area contributed by atoms with Crippen molar-refractivity contribution in [2.75, 3.05) is 13.2 Å². The lowest BCUT2D eigenvalue weighted by atomic mass is 9.98. The molecule has 0 spiro atoms. The molecule has 15 heavy (non-hydrogen) atoms. The average molecular weight is 206 g/mol. The monoisotopic (exact) mass is 206 g/mol. The Morgan fingerprint density at radius 1 is 1.20 bits per heavy atom. The lowest BCUT2D eigenvalue weighted by Crippen LogP contribution is -1.97. The molecule has 1 aliphatic heterocycles. The van der Waals surface area contributed by atoms with Crippen molar-refractivity contribution in [2.24, 2.45) is 0 Å². The molecule has 1 heterocycles. The lowest BCUT2D eigenvalue weighted by molar-refractivity contribution is 0.297. The predicted octanol–water partition coefficient (Wildman–Crippen LogP) is 3.36. The van der Waals surface area contributed by atoms with E-state index in [0.29, 0.717) is 5.92 Å². The second-order valence-corrected chi connectivity index (χ2v) is 4.07. The van der Waals surface area contributed by atoms with E-state index in [2.05, 4.69) is 26.0 Å². The molecular formula is C13H18O2. The van der Waals surface area contributed by atoms with Crippen molar-refractivity contribution < 1.29 is 9.47 Å². The van der Waals surface area contributed by atoms with E-state index >= 15 is 0 Å². The fourth-order valence-electron chi connectivity index (χ4n) is 1.72. The smallest absolute Gasteiger partial charge is 0.161 e. The maximum absolute atomic E-state index is 5.66. The summed E-state index contributed by atoms with van der Waals surface area (Å²) >= 11 is 0. The van der Waals surface area contributed by atoms with E-state index in [0.717, 1.165) is 37.6 Å². The molecule has 0 N–H and O–H groups in total. The van der Waals surface area contributed by atoms with Crippen LogP contribution in [-0.2, 0) is 0 Å². The Kier molecular flexibility index (Phi) is 3.14. The highest BCUT2D eigenvalue weighted by Crippen LogP contribution is 2.33. The molecular weight excluding hydrogens is 188 g/mol. The molecule has 1 aromatic rings. The summed E-state index contributed by atoms with van der Waals surface area (Å²) in [6.45, 7) is 5.96. The molecule has 0 radical (unpaired) electrons. The van der Waals surface area contributed by atoms with Crippen LogP contribution < -0.4 is 9.47 Å². The average Bonchev–Trinajstić information content (AvgIpc) is 2.51. The van der Waals surface area contributed by atoms with Crippen molar-refractivity contribution in [2.45, 2.75) is 32.6 Å².